The van der Waals surface area contributed by atoms with Crippen molar-refractivity contribution in [3.8, 4) is 11.3 Å². The van der Waals surface area contributed by atoms with Gasteiger partial charge < -0.3 is 10.7 Å². The summed E-state index contributed by atoms with van der Waals surface area (Å²) in [6.45, 7) is 4.40. The van der Waals surface area contributed by atoms with E-state index in [2.05, 4.69) is 42.0 Å². The lowest BCUT2D eigenvalue weighted by atomic mass is 10.0. The van der Waals surface area contributed by atoms with Gasteiger partial charge >= 0.3 is 0 Å². The molecular formula is C14H15N3S. The molecule has 92 valence electrons. The minimum Gasteiger partial charge on any atom is -0.375 e. The fourth-order valence-corrected chi connectivity index (χ4v) is 2.69. The smallest absolute Gasteiger partial charge is 0.180 e. The molecule has 1 aromatic carbocycles. The van der Waals surface area contributed by atoms with Crippen LogP contribution in [0.25, 0.3) is 22.2 Å². The van der Waals surface area contributed by atoms with Crippen LogP contribution in [0.15, 0.2) is 29.8 Å². The Balaban J connectivity index is 2.15. The van der Waals surface area contributed by atoms with Crippen molar-refractivity contribution >= 4 is 27.4 Å². The molecule has 0 aliphatic carbocycles. The molecule has 0 radical (unpaired) electrons. The van der Waals surface area contributed by atoms with E-state index in [0.29, 0.717) is 11.0 Å². The summed E-state index contributed by atoms with van der Waals surface area (Å²) in [6, 6.07) is 6.55. The number of H-pyrrole nitrogens is 1. The largest absolute Gasteiger partial charge is 0.375 e. The van der Waals surface area contributed by atoms with Crippen LogP contribution in [0.2, 0.25) is 0 Å². The highest BCUT2D eigenvalue weighted by molar-refractivity contribution is 7.13. The van der Waals surface area contributed by atoms with Crippen molar-refractivity contribution in [2.75, 3.05) is 5.73 Å². The van der Waals surface area contributed by atoms with Crippen molar-refractivity contribution in [1.82, 2.24) is 9.97 Å². The fraction of sp³-hybridized carbons (Fsp3) is 0.214. The van der Waals surface area contributed by atoms with Gasteiger partial charge in [0.2, 0.25) is 0 Å². The van der Waals surface area contributed by atoms with Gasteiger partial charge in [0, 0.05) is 28.0 Å². The van der Waals surface area contributed by atoms with Crippen LogP contribution in [0.3, 0.4) is 0 Å². The second kappa shape index (κ2) is 4.14. The van der Waals surface area contributed by atoms with Gasteiger partial charge in [-0.05, 0) is 17.5 Å². The topological polar surface area (TPSA) is 54.7 Å². The molecular weight excluding hydrogens is 242 g/mol. The molecule has 0 aliphatic heterocycles. The van der Waals surface area contributed by atoms with E-state index in [9.17, 15) is 0 Å². The van der Waals surface area contributed by atoms with Gasteiger partial charge in [-0.1, -0.05) is 26.0 Å². The van der Waals surface area contributed by atoms with Crippen molar-refractivity contribution < 1.29 is 0 Å². The van der Waals surface area contributed by atoms with Crippen LogP contribution in [0.4, 0.5) is 5.13 Å². The Morgan fingerprint density at radius 1 is 1.33 bits per heavy atom. The second-order valence-corrected chi connectivity index (χ2v) is 5.62. The van der Waals surface area contributed by atoms with Crippen LogP contribution in [-0.4, -0.2) is 9.97 Å². The molecule has 0 unspecified atom stereocenters. The lowest BCUT2D eigenvalue weighted by Gasteiger charge is -2.04. The molecule has 18 heavy (non-hydrogen) atoms. The third-order valence-corrected chi connectivity index (χ3v) is 3.84. The van der Waals surface area contributed by atoms with Crippen molar-refractivity contribution in [3.05, 3.63) is 35.3 Å². The lowest BCUT2D eigenvalue weighted by Crippen LogP contribution is -1.86. The van der Waals surface area contributed by atoms with Gasteiger partial charge in [0.1, 0.15) is 0 Å². The van der Waals surface area contributed by atoms with Gasteiger partial charge in [0.05, 0.1) is 5.69 Å². The number of hydrogen-bond donors (Lipinski definition) is 2. The summed E-state index contributed by atoms with van der Waals surface area (Å²) in [6.07, 6.45) is 2.00. The summed E-state index contributed by atoms with van der Waals surface area (Å²) < 4.78 is 0. The van der Waals surface area contributed by atoms with Crippen LogP contribution < -0.4 is 5.73 Å². The molecule has 0 amide bonds. The highest BCUT2D eigenvalue weighted by Crippen LogP contribution is 2.31. The third kappa shape index (κ3) is 1.78. The first-order valence-corrected chi connectivity index (χ1v) is 6.85. The number of nitrogens with two attached hydrogens (primary N) is 1. The van der Waals surface area contributed by atoms with Crippen LogP contribution >= 0.6 is 11.3 Å². The summed E-state index contributed by atoms with van der Waals surface area (Å²) in [5.74, 6) is 0.538. The molecule has 0 fully saturated rings. The number of aromatic amines is 1. The highest BCUT2D eigenvalue weighted by atomic mass is 32.1. The average Bonchev–Trinajstić information content (AvgIpc) is 2.93. The predicted molar refractivity (Wildman–Crippen MR) is 77.9 cm³/mol. The number of benzene rings is 1. The fourth-order valence-electron chi connectivity index (χ4n) is 2.13. The second-order valence-electron chi connectivity index (χ2n) is 4.73. The molecule has 0 bridgehead atoms. The Hall–Kier alpha value is -1.81. The number of anilines is 1. The molecule has 0 aliphatic rings. The van der Waals surface area contributed by atoms with Gasteiger partial charge in [-0.3, -0.25) is 0 Å². The SMILES string of the molecule is CC(C)c1ccc2c(-c3csc(N)n3)c[nH]c2c1. The standard InChI is InChI=1S/C14H15N3S/c1-8(2)9-3-4-10-11(6-16-12(10)5-9)13-7-18-14(15)17-13/h3-8,16H,1-2H3,(H2,15,17). The molecule has 0 spiro atoms. The van der Waals surface area contributed by atoms with E-state index in [4.69, 9.17) is 5.73 Å². The number of nitrogens with zero attached hydrogens (tertiary/aromatic N) is 1. The Morgan fingerprint density at radius 2 is 2.17 bits per heavy atom. The predicted octanol–water partition coefficient (Wildman–Crippen LogP) is 4.00. The van der Waals surface area contributed by atoms with E-state index in [0.717, 1.165) is 16.8 Å². The Morgan fingerprint density at radius 3 is 2.83 bits per heavy atom. The number of thiazole rings is 1. The van der Waals surface area contributed by atoms with Gasteiger partial charge in [-0.2, -0.15) is 0 Å². The normalized spacial score (nSPS) is 11.5. The molecule has 0 saturated carbocycles. The number of fused-ring (bicyclic) bond motifs is 1. The Labute approximate surface area is 110 Å². The summed E-state index contributed by atoms with van der Waals surface area (Å²) in [5, 5.41) is 3.80. The number of nitrogen functional groups attached to an aromatic ring is 1. The zero-order valence-corrected chi connectivity index (χ0v) is 11.2. The molecule has 3 aromatic rings. The maximum atomic E-state index is 5.69. The third-order valence-electron chi connectivity index (χ3n) is 3.17. The molecule has 3 nitrogen and oxygen atoms in total. The minimum atomic E-state index is 0.538. The van der Waals surface area contributed by atoms with Gasteiger partial charge in [0.25, 0.3) is 0 Å². The zero-order valence-electron chi connectivity index (χ0n) is 10.4. The maximum Gasteiger partial charge on any atom is 0.180 e. The Bertz CT molecular complexity index is 694. The molecule has 0 atom stereocenters. The van der Waals surface area contributed by atoms with Crippen LogP contribution in [-0.2, 0) is 0 Å². The van der Waals surface area contributed by atoms with Crippen molar-refractivity contribution in [2.45, 2.75) is 19.8 Å². The number of aromatic nitrogens is 2. The highest BCUT2D eigenvalue weighted by Gasteiger charge is 2.10. The average molecular weight is 257 g/mol. The number of rotatable bonds is 2. The monoisotopic (exact) mass is 257 g/mol. The first-order valence-electron chi connectivity index (χ1n) is 5.97. The first-order chi connectivity index (χ1) is 8.65. The van der Waals surface area contributed by atoms with Crippen molar-refractivity contribution in [3.63, 3.8) is 0 Å². The quantitative estimate of drug-likeness (QED) is 0.729. The van der Waals surface area contributed by atoms with E-state index in [-0.39, 0.29) is 0 Å². The van der Waals surface area contributed by atoms with E-state index in [1.165, 1.54) is 22.3 Å². The summed E-state index contributed by atoms with van der Waals surface area (Å²) in [4.78, 5) is 7.65. The van der Waals surface area contributed by atoms with E-state index < -0.39 is 0 Å². The van der Waals surface area contributed by atoms with E-state index in [1.807, 2.05) is 11.6 Å². The number of nitrogens with one attached hydrogen (secondary N) is 1. The van der Waals surface area contributed by atoms with Crippen molar-refractivity contribution in [2.24, 2.45) is 0 Å². The van der Waals surface area contributed by atoms with Gasteiger partial charge in [0.15, 0.2) is 5.13 Å². The summed E-state index contributed by atoms with van der Waals surface area (Å²) in [7, 11) is 0. The molecule has 3 rings (SSSR count). The van der Waals surface area contributed by atoms with Crippen LogP contribution in [0, 0.1) is 0 Å². The Kier molecular flexibility index (Phi) is 2.59. The lowest BCUT2D eigenvalue weighted by molar-refractivity contribution is 0.868. The molecule has 4 heteroatoms. The van der Waals surface area contributed by atoms with E-state index in [1.54, 1.807) is 0 Å². The molecule has 3 N–H and O–H groups in total. The molecule has 2 heterocycles. The van der Waals surface area contributed by atoms with Crippen LogP contribution in [0.1, 0.15) is 25.3 Å². The molecule has 2 aromatic heterocycles. The van der Waals surface area contributed by atoms with Crippen LogP contribution in [0.5, 0.6) is 0 Å². The minimum absolute atomic E-state index is 0.538. The zero-order chi connectivity index (χ0) is 12.7. The van der Waals surface area contributed by atoms with Crippen molar-refractivity contribution in [1.29, 1.82) is 0 Å². The van der Waals surface area contributed by atoms with Gasteiger partial charge in [-0.25, -0.2) is 4.98 Å². The van der Waals surface area contributed by atoms with E-state index >= 15 is 0 Å². The maximum absolute atomic E-state index is 5.69. The molecule has 0 saturated heterocycles. The number of hydrogen-bond acceptors (Lipinski definition) is 3. The first kappa shape index (κ1) is 11.3. The summed E-state index contributed by atoms with van der Waals surface area (Å²) in [5.41, 5.74) is 10.3. The van der Waals surface area contributed by atoms with Gasteiger partial charge in [-0.15, -0.1) is 11.3 Å². The summed E-state index contributed by atoms with van der Waals surface area (Å²) >= 11 is 1.47.